The van der Waals surface area contributed by atoms with E-state index in [2.05, 4.69) is 5.92 Å². The van der Waals surface area contributed by atoms with Crippen LogP contribution in [-0.2, 0) is 11.3 Å². The van der Waals surface area contributed by atoms with Crippen LogP contribution < -0.4 is 9.47 Å². The van der Waals surface area contributed by atoms with E-state index in [1.807, 2.05) is 54.6 Å². The topological polar surface area (TPSA) is 38.8 Å². The summed E-state index contributed by atoms with van der Waals surface area (Å²) in [4.78, 5) is 14.9. The van der Waals surface area contributed by atoms with Crippen LogP contribution in [0, 0.1) is 12.3 Å². The Morgan fingerprint density at radius 1 is 1.15 bits per heavy atom. The van der Waals surface area contributed by atoms with Gasteiger partial charge < -0.3 is 9.47 Å². The summed E-state index contributed by atoms with van der Waals surface area (Å²) >= 11 is 6.70. The molecule has 2 aromatic carbocycles. The van der Waals surface area contributed by atoms with Crippen molar-refractivity contribution in [1.82, 2.24) is 4.90 Å². The van der Waals surface area contributed by atoms with Gasteiger partial charge in [-0.2, -0.15) is 0 Å². The minimum Gasteiger partial charge on any atom is -0.497 e. The van der Waals surface area contributed by atoms with Gasteiger partial charge in [0.25, 0.3) is 5.91 Å². The molecule has 1 amide bonds. The summed E-state index contributed by atoms with van der Waals surface area (Å²) in [5.74, 6) is 3.80. The summed E-state index contributed by atoms with van der Waals surface area (Å²) in [6.07, 6.45) is 7.01. The number of thiocarbonyl (C=S) groups is 1. The zero-order chi connectivity index (χ0) is 19.2. The van der Waals surface area contributed by atoms with E-state index in [9.17, 15) is 4.79 Å². The molecule has 2 aromatic rings. The first-order chi connectivity index (χ1) is 13.1. The molecule has 4 nitrogen and oxygen atoms in total. The van der Waals surface area contributed by atoms with E-state index in [1.54, 1.807) is 12.0 Å². The molecule has 6 heteroatoms. The molecule has 0 atom stereocenters. The highest BCUT2D eigenvalue weighted by atomic mass is 32.2. The second-order valence-electron chi connectivity index (χ2n) is 5.68. The van der Waals surface area contributed by atoms with Crippen molar-refractivity contribution in [3.8, 4) is 23.8 Å². The standard InChI is InChI=1S/C21H17NO3S2/c1-3-12-25-18-10-4-15(5-11-18)13-19-20(23)22(21(26)27-19)14-16-6-8-17(24-2)9-7-16/h1,4-11,13H,12,14H2,2H3. The average molecular weight is 396 g/mol. The van der Waals surface area contributed by atoms with Crippen molar-refractivity contribution >= 4 is 40.3 Å². The molecule has 1 saturated heterocycles. The van der Waals surface area contributed by atoms with Crippen LogP contribution in [0.1, 0.15) is 11.1 Å². The lowest BCUT2D eigenvalue weighted by molar-refractivity contribution is -0.122. The number of rotatable bonds is 6. The second-order valence-corrected chi connectivity index (χ2v) is 7.35. The van der Waals surface area contributed by atoms with Crippen LogP contribution in [0.25, 0.3) is 6.08 Å². The van der Waals surface area contributed by atoms with Gasteiger partial charge in [0.1, 0.15) is 22.4 Å². The normalized spacial score (nSPS) is 15.1. The summed E-state index contributed by atoms with van der Waals surface area (Å²) in [6, 6.07) is 15.0. The molecule has 27 heavy (non-hydrogen) atoms. The number of hydrogen-bond donors (Lipinski definition) is 0. The fraction of sp³-hybridized carbons (Fsp3) is 0.143. The third-order valence-corrected chi connectivity index (χ3v) is 5.25. The Morgan fingerprint density at radius 2 is 1.81 bits per heavy atom. The zero-order valence-corrected chi connectivity index (χ0v) is 16.3. The predicted octanol–water partition coefficient (Wildman–Crippen LogP) is 4.11. The summed E-state index contributed by atoms with van der Waals surface area (Å²) < 4.78 is 11.1. The first kappa shape index (κ1) is 19.0. The number of methoxy groups -OCH3 is 1. The van der Waals surface area contributed by atoms with Crippen LogP contribution in [0.5, 0.6) is 11.5 Å². The largest absolute Gasteiger partial charge is 0.497 e. The van der Waals surface area contributed by atoms with E-state index in [-0.39, 0.29) is 12.5 Å². The summed E-state index contributed by atoms with van der Waals surface area (Å²) in [5, 5.41) is 0. The van der Waals surface area contributed by atoms with Gasteiger partial charge in [-0.3, -0.25) is 9.69 Å². The smallest absolute Gasteiger partial charge is 0.266 e. The van der Waals surface area contributed by atoms with Crippen molar-refractivity contribution in [2.45, 2.75) is 6.54 Å². The Labute approximate surface area is 168 Å². The van der Waals surface area contributed by atoms with Gasteiger partial charge in [0.15, 0.2) is 0 Å². The molecule has 1 aliphatic rings. The minimum absolute atomic E-state index is 0.0894. The van der Waals surface area contributed by atoms with E-state index in [0.29, 0.717) is 21.5 Å². The predicted molar refractivity (Wildman–Crippen MR) is 112 cm³/mol. The van der Waals surface area contributed by atoms with E-state index >= 15 is 0 Å². The van der Waals surface area contributed by atoms with E-state index < -0.39 is 0 Å². The Kier molecular flexibility index (Phi) is 6.17. The number of thioether (sulfide) groups is 1. The molecule has 0 aromatic heterocycles. The fourth-order valence-electron chi connectivity index (χ4n) is 2.49. The summed E-state index contributed by atoms with van der Waals surface area (Å²) in [6.45, 7) is 0.661. The maximum Gasteiger partial charge on any atom is 0.266 e. The molecule has 1 heterocycles. The third kappa shape index (κ3) is 4.70. The Morgan fingerprint density at radius 3 is 2.44 bits per heavy atom. The molecular weight excluding hydrogens is 378 g/mol. The van der Waals surface area contributed by atoms with Crippen LogP contribution in [0.4, 0.5) is 0 Å². The molecule has 0 N–H and O–H groups in total. The second kappa shape index (κ2) is 8.76. The molecule has 1 aliphatic heterocycles. The Balaban J connectivity index is 1.71. The van der Waals surface area contributed by atoms with E-state index in [1.165, 1.54) is 11.8 Å². The van der Waals surface area contributed by atoms with Gasteiger partial charge >= 0.3 is 0 Å². The maximum atomic E-state index is 12.7. The van der Waals surface area contributed by atoms with Gasteiger partial charge in [-0.25, -0.2) is 0 Å². The fourth-order valence-corrected chi connectivity index (χ4v) is 3.74. The molecule has 0 saturated carbocycles. The highest BCUT2D eigenvalue weighted by Crippen LogP contribution is 2.34. The Hall–Kier alpha value is -2.75. The number of benzene rings is 2. The zero-order valence-electron chi connectivity index (χ0n) is 14.7. The maximum absolute atomic E-state index is 12.7. The molecule has 0 bridgehead atoms. The number of nitrogens with zero attached hydrogens (tertiary/aromatic N) is 1. The molecule has 136 valence electrons. The SMILES string of the molecule is C#CCOc1ccc(C=C2SC(=S)N(Cc3ccc(OC)cc3)C2=O)cc1. The van der Waals surface area contributed by atoms with Crippen molar-refractivity contribution in [1.29, 1.82) is 0 Å². The lowest BCUT2D eigenvalue weighted by Crippen LogP contribution is -2.27. The van der Waals surface area contributed by atoms with Crippen molar-refractivity contribution in [3.05, 3.63) is 64.6 Å². The van der Waals surface area contributed by atoms with Crippen molar-refractivity contribution in [2.75, 3.05) is 13.7 Å². The molecule has 0 aliphatic carbocycles. The highest BCUT2D eigenvalue weighted by Gasteiger charge is 2.31. The van der Waals surface area contributed by atoms with E-state index in [0.717, 1.165) is 16.9 Å². The van der Waals surface area contributed by atoms with Gasteiger partial charge in [-0.15, -0.1) is 6.42 Å². The third-order valence-electron chi connectivity index (χ3n) is 3.87. The molecule has 0 unspecified atom stereocenters. The van der Waals surface area contributed by atoms with Gasteiger partial charge in [-0.1, -0.05) is 54.2 Å². The van der Waals surface area contributed by atoms with Crippen LogP contribution in [0.3, 0.4) is 0 Å². The Bertz CT molecular complexity index is 912. The number of terminal acetylenes is 1. The molecule has 3 rings (SSSR count). The molecular formula is C21H17NO3S2. The number of carbonyl (C=O) groups is 1. The van der Waals surface area contributed by atoms with Crippen molar-refractivity contribution in [2.24, 2.45) is 0 Å². The lowest BCUT2D eigenvalue weighted by Gasteiger charge is -2.14. The first-order valence-electron chi connectivity index (χ1n) is 8.15. The lowest BCUT2D eigenvalue weighted by atomic mass is 10.2. The number of hydrogen-bond acceptors (Lipinski definition) is 5. The van der Waals surface area contributed by atoms with Gasteiger partial charge in [0, 0.05) is 0 Å². The van der Waals surface area contributed by atoms with Crippen LogP contribution >= 0.6 is 24.0 Å². The van der Waals surface area contributed by atoms with Crippen LogP contribution in [0.15, 0.2) is 53.4 Å². The first-order valence-corrected chi connectivity index (χ1v) is 9.38. The van der Waals surface area contributed by atoms with Crippen molar-refractivity contribution < 1.29 is 14.3 Å². The van der Waals surface area contributed by atoms with Gasteiger partial charge in [-0.05, 0) is 41.5 Å². The quantitative estimate of drug-likeness (QED) is 0.418. The summed E-state index contributed by atoms with van der Waals surface area (Å²) in [7, 11) is 1.62. The molecule has 1 fully saturated rings. The number of amides is 1. The molecule has 0 radical (unpaired) electrons. The van der Waals surface area contributed by atoms with Crippen LogP contribution in [0.2, 0.25) is 0 Å². The highest BCUT2D eigenvalue weighted by molar-refractivity contribution is 8.26. The van der Waals surface area contributed by atoms with Crippen LogP contribution in [-0.4, -0.2) is 28.8 Å². The van der Waals surface area contributed by atoms with Gasteiger partial charge in [0.05, 0.1) is 18.6 Å². The minimum atomic E-state index is -0.0894. The average Bonchev–Trinajstić information content (AvgIpc) is 2.95. The summed E-state index contributed by atoms with van der Waals surface area (Å²) in [5.41, 5.74) is 1.89. The van der Waals surface area contributed by atoms with Crippen molar-refractivity contribution in [3.63, 3.8) is 0 Å². The number of carbonyl (C=O) groups excluding carboxylic acids is 1. The monoisotopic (exact) mass is 395 g/mol. The number of ether oxygens (including phenoxy) is 2. The molecule has 0 spiro atoms. The van der Waals surface area contributed by atoms with E-state index in [4.69, 9.17) is 28.1 Å². The van der Waals surface area contributed by atoms with Gasteiger partial charge in [0.2, 0.25) is 0 Å².